The SMILES string of the molecule is Cc1cccc(N2C[C@H](C(=O)N3c4ccccc4C[C@@H]3C)CC2=O)c1C. The number of carbonyl (C=O) groups is 2. The van der Waals surface area contributed by atoms with Gasteiger partial charge in [-0.1, -0.05) is 30.3 Å². The predicted molar refractivity (Wildman–Crippen MR) is 103 cm³/mol. The maximum Gasteiger partial charge on any atom is 0.232 e. The zero-order valence-corrected chi connectivity index (χ0v) is 15.5. The number of rotatable bonds is 2. The van der Waals surface area contributed by atoms with Crippen molar-refractivity contribution in [1.29, 1.82) is 0 Å². The number of carbonyl (C=O) groups excluding carboxylic acids is 2. The smallest absolute Gasteiger partial charge is 0.232 e. The zero-order chi connectivity index (χ0) is 18.4. The van der Waals surface area contributed by atoms with Gasteiger partial charge in [-0.15, -0.1) is 0 Å². The minimum Gasteiger partial charge on any atom is -0.311 e. The summed E-state index contributed by atoms with van der Waals surface area (Å²) < 4.78 is 0. The lowest BCUT2D eigenvalue weighted by Crippen LogP contribution is -2.41. The molecule has 4 heteroatoms. The van der Waals surface area contributed by atoms with Crippen LogP contribution in [-0.2, 0) is 16.0 Å². The first-order valence-corrected chi connectivity index (χ1v) is 9.25. The van der Waals surface area contributed by atoms with E-state index in [0.29, 0.717) is 6.54 Å². The quantitative estimate of drug-likeness (QED) is 0.831. The van der Waals surface area contributed by atoms with Crippen LogP contribution in [0.3, 0.4) is 0 Å². The second kappa shape index (κ2) is 6.27. The van der Waals surface area contributed by atoms with E-state index in [1.165, 1.54) is 5.56 Å². The molecule has 1 saturated heterocycles. The molecule has 0 radical (unpaired) electrons. The molecule has 26 heavy (non-hydrogen) atoms. The van der Waals surface area contributed by atoms with Crippen molar-refractivity contribution in [3.63, 3.8) is 0 Å². The fourth-order valence-corrected chi connectivity index (χ4v) is 4.23. The molecule has 2 amide bonds. The van der Waals surface area contributed by atoms with Gasteiger partial charge in [0.2, 0.25) is 11.8 Å². The van der Waals surface area contributed by atoms with Crippen LogP contribution in [0, 0.1) is 19.8 Å². The van der Waals surface area contributed by atoms with Crippen LogP contribution in [-0.4, -0.2) is 24.4 Å². The van der Waals surface area contributed by atoms with E-state index in [2.05, 4.69) is 13.0 Å². The first-order valence-electron chi connectivity index (χ1n) is 9.25. The van der Waals surface area contributed by atoms with Gasteiger partial charge in [0.25, 0.3) is 0 Å². The summed E-state index contributed by atoms with van der Waals surface area (Å²) in [6, 6.07) is 14.2. The normalized spacial score (nSPS) is 22.0. The number of aryl methyl sites for hydroxylation is 1. The Kier molecular flexibility index (Phi) is 4.06. The van der Waals surface area contributed by atoms with E-state index in [1.54, 1.807) is 4.90 Å². The number of benzene rings is 2. The van der Waals surface area contributed by atoms with Crippen LogP contribution in [0.15, 0.2) is 42.5 Å². The molecule has 0 saturated carbocycles. The van der Waals surface area contributed by atoms with E-state index in [0.717, 1.165) is 28.9 Å². The van der Waals surface area contributed by atoms with Crippen LogP contribution in [0.25, 0.3) is 0 Å². The maximum absolute atomic E-state index is 13.2. The summed E-state index contributed by atoms with van der Waals surface area (Å²) in [7, 11) is 0. The van der Waals surface area contributed by atoms with E-state index in [-0.39, 0.29) is 30.2 Å². The van der Waals surface area contributed by atoms with Crippen molar-refractivity contribution in [2.75, 3.05) is 16.3 Å². The molecule has 2 aliphatic heterocycles. The molecule has 0 bridgehead atoms. The van der Waals surface area contributed by atoms with Crippen molar-refractivity contribution < 1.29 is 9.59 Å². The fraction of sp³-hybridized carbons (Fsp3) is 0.364. The number of hydrogen-bond donors (Lipinski definition) is 0. The lowest BCUT2D eigenvalue weighted by atomic mass is 10.1. The highest BCUT2D eigenvalue weighted by Crippen LogP contribution is 2.36. The molecule has 2 aromatic carbocycles. The van der Waals surface area contributed by atoms with Gasteiger partial charge < -0.3 is 9.80 Å². The Bertz CT molecular complexity index is 889. The second-order valence-electron chi connectivity index (χ2n) is 7.51. The molecule has 134 valence electrons. The molecule has 4 nitrogen and oxygen atoms in total. The molecule has 0 unspecified atom stereocenters. The van der Waals surface area contributed by atoms with Gasteiger partial charge in [0, 0.05) is 30.4 Å². The third-order valence-corrected chi connectivity index (χ3v) is 5.79. The summed E-state index contributed by atoms with van der Waals surface area (Å²) >= 11 is 0. The number of para-hydroxylation sites is 1. The molecular formula is C22H24N2O2. The number of anilines is 2. The summed E-state index contributed by atoms with van der Waals surface area (Å²) in [5.74, 6) is -0.170. The van der Waals surface area contributed by atoms with Crippen molar-refractivity contribution in [2.24, 2.45) is 5.92 Å². The Hall–Kier alpha value is -2.62. The van der Waals surface area contributed by atoms with E-state index in [4.69, 9.17) is 0 Å². The van der Waals surface area contributed by atoms with Crippen LogP contribution in [0.1, 0.15) is 30.0 Å². The lowest BCUT2D eigenvalue weighted by Gasteiger charge is -2.26. The summed E-state index contributed by atoms with van der Waals surface area (Å²) in [6.45, 7) is 6.63. The van der Waals surface area contributed by atoms with Gasteiger partial charge in [-0.3, -0.25) is 9.59 Å². The highest BCUT2D eigenvalue weighted by atomic mass is 16.2. The van der Waals surface area contributed by atoms with E-state index < -0.39 is 0 Å². The van der Waals surface area contributed by atoms with Gasteiger partial charge in [0.1, 0.15) is 0 Å². The lowest BCUT2D eigenvalue weighted by molar-refractivity contribution is -0.124. The third-order valence-electron chi connectivity index (χ3n) is 5.79. The van der Waals surface area contributed by atoms with E-state index in [1.807, 2.05) is 55.1 Å². The molecule has 4 rings (SSSR count). The maximum atomic E-state index is 13.2. The number of nitrogens with zero attached hydrogens (tertiary/aromatic N) is 2. The van der Waals surface area contributed by atoms with Crippen molar-refractivity contribution in [3.8, 4) is 0 Å². The summed E-state index contributed by atoms with van der Waals surface area (Å²) in [4.78, 5) is 29.6. The minimum atomic E-state index is -0.281. The van der Waals surface area contributed by atoms with Crippen LogP contribution in [0.2, 0.25) is 0 Å². The standard InChI is InChI=1S/C22H24N2O2/c1-14-7-6-10-19(16(14)3)23-13-18(12-21(23)25)22(26)24-15(2)11-17-8-4-5-9-20(17)24/h4-10,15,18H,11-13H2,1-3H3/t15-,18+/m0/s1. The topological polar surface area (TPSA) is 40.6 Å². The highest BCUT2D eigenvalue weighted by molar-refractivity contribution is 6.05. The van der Waals surface area contributed by atoms with Crippen LogP contribution in [0.5, 0.6) is 0 Å². The molecule has 1 fully saturated rings. The van der Waals surface area contributed by atoms with Gasteiger partial charge in [0.15, 0.2) is 0 Å². The Morgan fingerprint density at radius 1 is 1.00 bits per heavy atom. The highest BCUT2D eigenvalue weighted by Gasteiger charge is 2.41. The average molecular weight is 348 g/mol. The number of amides is 2. The predicted octanol–water partition coefficient (Wildman–Crippen LogP) is 3.63. The fourth-order valence-electron chi connectivity index (χ4n) is 4.23. The van der Waals surface area contributed by atoms with E-state index >= 15 is 0 Å². The van der Waals surface area contributed by atoms with Gasteiger partial charge in [0.05, 0.1) is 5.92 Å². The van der Waals surface area contributed by atoms with Gasteiger partial charge in [-0.25, -0.2) is 0 Å². The van der Waals surface area contributed by atoms with Crippen LogP contribution >= 0.6 is 0 Å². The van der Waals surface area contributed by atoms with Crippen molar-refractivity contribution >= 4 is 23.2 Å². The Morgan fingerprint density at radius 3 is 2.54 bits per heavy atom. The molecule has 0 aliphatic carbocycles. The largest absolute Gasteiger partial charge is 0.311 e. The van der Waals surface area contributed by atoms with Crippen molar-refractivity contribution in [1.82, 2.24) is 0 Å². The summed E-state index contributed by atoms with van der Waals surface area (Å²) in [5, 5.41) is 0. The van der Waals surface area contributed by atoms with Crippen LogP contribution in [0.4, 0.5) is 11.4 Å². The third kappa shape index (κ3) is 2.61. The number of hydrogen-bond acceptors (Lipinski definition) is 2. The minimum absolute atomic E-state index is 0.0391. The molecule has 2 atom stereocenters. The molecular weight excluding hydrogens is 324 g/mol. The Labute approximate surface area is 154 Å². The molecule has 0 spiro atoms. The Balaban J connectivity index is 1.59. The van der Waals surface area contributed by atoms with Gasteiger partial charge >= 0.3 is 0 Å². The molecule has 0 aromatic heterocycles. The molecule has 0 N–H and O–H groups in total. The van der Waals surface area contributed by atoms with Gasteiger partial charge in [-0.2, -0.15) is 0 Å². The summed E-state index contributed by atoms with van der Waals surface area (Å²) in [5.41, 5.74) is 5.41. The van der Waals surface area contributed by atoms with Crippen LogP contribution < -0.4 is 9.80 Å². The second-order valence-corrected chi connectivity index (χ2v) is 7.51. The van der Waals surface area contributed by atoms with E-state index in [9.17, 15) is 9.59 Å². The first-order chi connectivity index (χ1) is 12.5. The monoisotopic (exact) mass is 348 g/mol. The molecule has 2 aliphatic rings. The zero-order valence-electron chi connectivity index (χ0n) is 15.5. The molecule has 2 heterocycles. The Morgan fingerprint density at radius 2 is 1.73 bits per heavy atom. The summed E-state index contributed by atoms with van der Waals surface area (Å²) in [6.07, 6.45) is 1.17. The van der Waals surface area contributed by atoms with Crippen molar-refractivity contribution in [3.05, 3.63) is 59.2 Å². The van der Waals surface area contributed by atoms with Gasteiger partial charge in [-0.05, 0) is 56.0 Å². The number of fused-ring (bicyclic) bond motifs is 1. The van der Waals surface area contributed by atoms with Crippen molar-refractivity contribution in [2.45, 2.75) is 39.7 Å². The average Bonchev–Trinajstić information content (AvgIpc) is 3.16. The first kappa shape index (κ1) is 16.8. The molecule has 2 aromatic rings.